The van der Waals surface area contributed by atoms with Gasteiger partial charge in [-0.2, -0.15) is 5.10 Å². The van der Waals surface area contributed by atoms with Crippen LogP contribution in [-0.2, 0) is 5.54 Å². The van der Waals surface area contributed by atoms with Crippen LogP contribution in [0.4, 0.5) is 0 Å². The molecular formula is C15H26N4O. The van der Waals surface area contributed by atoms with E-state index in [1.165, 1.54) is 0 Å². The lowest BCUT2D eigenvalue weighted by atomic mass is 10.1. The lowest BCUT2D eigenvalue weighted by Crippen LogP contribution is -2.42. The molecule has 1 unspecified atom stereocenters. The number of hydrogen-bond donors (Lipinski definition) is 1. The minimum Gasteiger partial charge on any atom is -0.334 e. The standard InChI is InChI=1S/C15H26N4O/c1-5-8-18(13-6-7-16-10-13)14(20)12-9-17-19(11-12)15(2,3)4/h9,11,13,16H,5-8,10H2,1-4H3. The van der Waals surface area contributed by atoms with Crippen LogP contribution in [0.25, 0.3) is 0 Å². The molecule has 1 aliphatic rings. The predicted octanol–water partition coefficient (Wildman–Crippen LogP) is 1.85. The van der Waals surface area contributed by atoms with E-state index < -0.39 is 0 Å². The number of nitrogens with one attached hydrogen (secondary N) is 1. The first-order chi connectivity index (χ1) is 9.43. The summed E-state index contributed by atoms with van der Waals surface area (Å²) in [7, 11) is 0. The van der Waals surface area contributed by atoms with Crippen molar-refractivity contribution in [3.8, 4) is 0 Å². The first-order valence-corrected chi connectivity index (χ1v) is 7.50. The molecule has 5 nitrogen and oxygen atoms in total. The summed E-state index contributed by atoms with van der Waals surface area (Å²) in [5, 5.41) is 7.66. The molecule has 0 bridgehead atoms. The van der Waals surface area contributed by atoms with Crippen molar-refractivity contribution in [3.63, 3.8) is 0 Å². The predicted molar refractivity (Wildman–Crippen MR) is 79.8 cm³/mol. The summed E-state index contributed by atoms with van der Waals surface area (Å²) in [4.78, 5) is 14.7. The number of rotatable bonds is 4. The second-order valence-corrected chi connectivity index (χ2v) is 6.49. The number of nitrogens with zero attached hydrogens (tertiary/aromatic N) is 3. The van der Waals surface area contributed by atoms with Crippen LogP contribution in [0.2, 0.25) is 0 Å². The van der Waals surface area contributed by atoms with Crippen molar-refractivity contribution < 1.29 is 4.79 Å². The van der Waals surface area contributed by atoms with Gasteiger partial charge in [-0.25, -0.2) is 0 Å². The van der Waals surface area contributed by atoms with Gasteiger partial charge in [0.1, 0.15) is 0 Å². The van der Waals surface area contributed by atoms with Gasteiger partial charge in [-0.1, -0.05) is 6.92 Å². The van der Waals surface area contributed by atoms with Gasteiger partial charge in [-0.15, -0.1) is 0 Å². The molecule has 0 saturated carbocycles. The fourth-order valence-corrected chi connectivity index (χ4v) is 2.56. The van der Waals surface area contributed by atoms with E-state index in [1.807, 2.05) is 15.8 Å². The van der Waals surface area contributed by atoms with Crippen molar-refractivity contribution in [1.29, 1.82) is 0 Å². The van der Waals surface area contributed by atoms with Gasteiger partial charge in [-0.3, -0.25) is 9.48 Å². The second kappa shape index (κ2) is 5.95. The molecular weight excluding hydrogens is 252 g/mol. The zero-order valence-electron chi connectivity index (χ0n) is 13.0. The fraction of sp³-hybridized carbons (Fsp3) is 0.733. The molecule has 112 valence electrons. The zero-order chi connectivity index (χ0) is 14.8. The van der Waals surface area contributed by atoms with E-state index in [-0.39, 0.29) is 11.4 Å². The highest BCUT2D eigenvalue weighted by molar-refractivity contribution is 5.94. The van der Waals surface area contributed by atoms with Crippen LogP contribution in [0.1, 0.15) is 50.9 Å². The average Bonchev–Trinajstić information content (AvgIpc) is 3.04. The van der Waals surface area contributed by atoms with Gasteiger partial charge in [0.25, 0.3) is 5.91 Å². The van der Waals surface area contributed by atoms with Crippen LogP contribution in [0.15, 0.2) is 12.4 Å². The first kappa shape index (κ1) is 15.0. The lowest BCUT2D eigenvalue weighted by molar-refractivity contribution is 0.0692. The van der Waals surface area contributed by atoms with E-state index in [1.54, 1.807) is 6.20 Å². The third kappa shape index (κ3) is 3.20. The third-order valence-corrected chi connectivity index (χ3v) is 3.72. The summed E-state index contributed by atoms with van der Waals surface area (Å²) in [6.45, 7) is 11.1. The number of hydrogen-bond acceptors (Lipinski definition) is 3. The number of amides is 1. The molecule has 1 fully saturated rings. The van der Waals surface area contributed by atoms with Crippen LogP contribution in [0.3, 0.4) is 0 Å². The van der Waals surface area contributed by atoms with Crippen LogP contribution in [0.5, 0.6) is 0 Å². The van der Waals surface area contributed by atoms with E-state index in [4.69, 9.17) is 0 Å². The summed E-state index contributed by atoms with van der Waals surface area (Å²) in [5.41, 5.74) is 0.600. The Morgan fingerprint density at radius 3 is 2.80 bits per heavy atom. The summed E-state index contributed by atoms with van der Waals surface area (Å²) >= 11 is 0. The molecule has 1 aromatic rings. The molecule has 1 aliphatic heterocycles. The van der Waals surface area contributed by atoms with Crippen molar-refractivity contribution in [3.05, 3.63) is 18.0 Å². The quantitative estimate of drug-likeness (QED) is 0.914. The Bertz CT molecular complexity index is 455. The molecule has 5 heteroatoms. The molecule has 0 aliphatic carbocycles. The zero-order valence-corrected chi connectivity index (χ0v) is 13.0. The number of carbonyl (C=O) groups is 1. The minimum atomic E-state index is -0.0942. The Labute approximate surface area is 121 Å². The lowest BCUT2D eigenvalue weighted by Gasteiger charge is -2.27. The molecule has 20 heavy (non-hydrogen) atoms. The molecule has 2 heterocycles. The molecule has 1 N–H and O–H groups in total. The molecule has 0 spiro atoms. The minimum absolute atomic E-state index is 0.0942. The van der Waals surface area contributed by atoms with Crippen molar-refractivity contribution >= 4 is 5.91 Å². The third-order valence-electron chi connectivity index (χ3n) is 3.72. The van der Waals surface area contributed by atoms with Crippen molar-refractivity contribution in [2.24, 2.45) is 0 Å². The molecule has 1 amide bonds. The highest BCUT2D eigenvalue weighted by Crippen LogP contribution is 2.17. The molecule has 1 atom stereocenters. The maximum absolute atomic E-state index is 12.7. The van der Waals surface area contributed by atoms with E-state index in [0.29, 0.717) is 11.6 Å². The van der Waals surface area contributed by atoms with E-state index in [0.717, 1.165) is 32.5 Å². The monoisotopic (exact) mass is 278 g/mol. The van der Waals surface area contributed by atoms with Crippen LogP contribution < -0.4 is 5.32 Å². The van der Waals surface area contributed by atoms with Crippen LogP contribution in [0, 0.1) is 0 Å². The molecule has 0 radical (unpaired) electrons. The summed E-state index contributed by atoms with van der Waals surface area (Å²) < 4.78 is 1.86. The smallest absolute Gasteiger partial charge is 0.257 e. The molecule has 1 aromatic heterocycles. The normalized spacial score (nSPS) is 19.3. The number of carbonyl (C=O) groups excluding carboxylic acids is 1. The summed E-state index contributed by atoms with van der Waals surface area (Å²) in [6, 6.07) is 0.320. The largest absolute Gasteiger partial charge is 0.334 e. The van der Waals surface area contributed by atoms with E-state index >= 15 is 0 Å². The Kier molecular flexibility index (Phi) is 4.48. The van der Waals surface area contributed by atoms with Gasteiger partial charge in [0.05, 0.1) is 17.3 Å². The summed E-state index contributed by atoms with van der Waals surface area (Å²) in [6.07, 6.45) is 5.58. The van der Waals surface area contributed by atoms with Crippen LogP contribution in [-0.4, -0.2) is 46.3 Å². The van der Waals surface area contributed by atoms with Gasteiger partial charge in [0.15, 0.2) is 0 Å². The van der Waals surface area contributed by atoms with E-state index in [9.17, 15) is 4.79 Å². The fourth-order valence-electron chi connectivity index (χ4n) is 2.56. The molecule has 0 aromatic carbocycles. The van der Waals surface area contributed by atoms with Crippen molar-refractivity contribution in [2.45, 2.75) is 52.1 Å². The molecule has 1 saturated heterocycles. The van der Waals surface area contributed by atoms with Gasteiger partial charge >= 0.3 is 0 Å². The van der Waals surface area contributed by atoms with Gasteiger partial charge in [0.2, 0.25) is 0 Å². The van der Waals surface area contributed by atoms with Gasteiger partial charge in [-0.05, 0) is 40.2 Å². The van der Waals surface area contributed by atoms with Crippen molar-refractivity contribution in [2.75, 3.05) is 19.6 Å². The Morgan fingerprint density at radius 1 is 1.55 bits per heavy atom. The highest BCUT2D eigenvalue weighted by Gasteiger charge is 2.28. The topological polar surface area (TPSA) is 50.2 Å². The van der Waals surface area contributed by atoms with Gasteiger partial charge in [0, 0.05) is 25.3 Å². The Morgan fingerprint density at radius 2 is 2.30 bits per heavy atom. The Balaban J connectivity index is 2.16. The molecule has 2 rings (SSSR count). The SMILES string of the molecule is CCCN(C(=O)c1cnn(C(C)(C)C)c1)C1CCNC1. The van der Waals surface area contributed by atoms with Crippen LogP contribution >= 0.6 is 0 Å². The average molecular weight is 278 g/mol. The van der Waals surface area contributed by atoms with Crippen molar-refractivity contribution in [1.82, 2.24) is 20.0 Å². The maximum Gasteiger partial charge on any atom is 0.257 e. The maximum atomic E-state index is 12.7. The van der Waals surface area contributed by atoms with Gasteiger partial charge < -0.3 is 10.2 Å². The number of aromatic nitrogens is 2. The Hall–Kier alpha value is -1.36. The summed E-state index contributed by atoms with van der Waals surface area (Å²) in [5.74, 6) is 0.107. The first-order valence-electron chi connectivity index (χ1n) is 7.50. The highest BCUT2D eigenvalue weighted by atomic mass is 16.2. The second-order valence-electron chi connectivity index (χ2n) is 6.49. The van der Waals surface area contributed by atoms with E-state index in [2.05, 4.69) is 38.1 Å².